The molecule has 1 aromatic heterocycles. The zero-order chi connectivity index (χ0) is 18.3. The summed E-state index contributed by atoms with van der Waals surface area (Å²) in [5.74, 6) is -2.33. The van der Waals surface area contributed by atoms with E-state index in [0.717, 1.165) is 42.0 Å². The molecule has 0 unspecified atom stereocenters. The first-order valence-corrected chi connectivity index (χ1v) is 9.37. The number of aromatic nitrogens is 1. The maximum atomic E-state index is 13.9. The van der Waals surface area contributed by atoms with Crippen molar-refractivity contribution in [3.8, 4) is 0 Å². The number of hydrogen-bond donors (Lipinski definition) is 1. The van der Waals surface area contributed by atoms with Gasteiger partial charge in [0.05, 0.1) is 12.2 Å². The van der Waals surface area contributed by atoms with Crippen molar-refractivity contribution in [2.45, 2.75) is 32.2 Å². The largest absolute Gasteiger partial charge is 0.333 e. The number of fused-ring (bicyclic) bond motifs is 1. The number of hydrogen-bond acceptors (Lipinski definition) is 4. The summed E-state index contributed by atoms with van der Waals surface area (Å²) in [4.78, 5) is 31.3. The van der Waals surface area contributed by atoms with Gasteiger partial charge in [-0.2, -0.15) is 0 Å². The van der Waals surface area contributed by atoms with Gasteiger partial charge in [-0.15, -0.1) is 0 Å². The Balaban J connectivity index is 1.49. The van der Waals surface area contributed by atoms with Crippen molar-refractivity contribution in [2.24, 2.45) is 5.92 Å². The quantitative estimate of drug-likeness (QED) is 0.892. The van der Waals surface area contributed by atoms with Crippen molar-refractivity contribution in [2.75, 3.05) is 11.9 Å². The summed E-state index contributed by atoms with van der Waals surface area (Å²) >= 11 is 1.32. The molecule has 1 saturated carbocycles. The number of carbonyl (C=O) groups excluding carboxylic acids is 2. The highest BCUT2D eigenvalue weighted by atomic mass is 32.1. The molecule has 2 amide bonds. The normalized spacial score (nSPS) is 16.8. The molecule has 0 spiro atoms. The molecule has 0 atom stereocenters. The van der Waals surface area contributed by atoms with Crippen LogP contribution in [0, 0.1) is 17.6 Å². The summed E-state index contributed by atoms with van der Waals surface area (Å²) in [7, 11) is 0. The fourth-order valence-corrected chi connectivity index (χ4v) is 4.19. The Labute approximate surface area is 153 Å². The summed E-state index contributed by atoms with van der Waals surface area (Å²) < 4.78 is 27.7. The highest BCUT2D eigenvalue weighted by molar-refractivity contribution is 7.15. The van der Waals surface area contributed by atoms with E-state index in [-0.39, 0.29) is 18.4 Å². The van der Waals surface area contributed by atoms with Crippen LogP contribution in [0.15, 0.2) is 18.2 Å². The second-order valence-electron chi connectivity index (χ2n) is 6.58. The minimum absolute atomic E-state index is 0.0105. The van der Waals surface area contributed by atoms with Gasteiger partial charge in [0.2, 0.25) is 5.91 Å². The molecule has 0 bridgehead atoms. The molecule has 26 heavy (non-hydrogen) atoms. The van der Waals surface area contributed by atoms with Gasteiger partial charge in [-0.3, -0.25) is 9.59 Å². The Kier molecular flexibility index (Phi) is 4.44. The number of benzene rings is 1. The first-order chi connectivity index (χ1) is 12.5. The van der Waals surface area contributed by atoms with E-state index in [1.54, 1.807) is 0 Å². The van der Waals surface area contributed by atoms with E-state index in [1.807, 2.05) is 0 Å². The zero-order valence-electron chi connectivity index (χ0n) is 13.9. The molecule has 1 N–H and O–H groups in total. The lowest BCUT2D eigenvalue weighted by Crippen LogP contribution is -2.36. The number of anilines is 1. The van der Waals surface area contributed by atoms with Crippen molar-refractivity contribution in [3.63, 3.8) is 0 Å². The third-order valence-corrected chi connectivity index (χ3v) is 5.90. The van der Waals surface area contributed by atoms with E-state index in [4.69, 9.17) is 0 Å². The molecular weight excluding hydrogens is 360 g/mol. The third kappa shape index (κ3) is 3.09. The van der Waals surface area contributed by atoms with Crippen molar-refractivity contribution in [1.82, 2.24) is 9.88 Å². The van der Waals surface area contributed by atoms with Crippen LogP contribution in [-0.4, -0.2) is 28.2 Å². The SMILES string of the molecule is O=C(Nc1nc2c(s1)CN(C(=O)c1c(F)cccc1F)CC2)C1CCC1. The van der Waals surface area contributed by atoms with Crippen molar-refractivity contribution in [1.29, 1.82) is 0 Å². The third-order valence-electron chi connectivity index (χ3n) is 4.90. The predicted molar refractivity (Wildman–Crippen MR) is 92.9 cm³/mol. The van der Waals surface area contributed by atoms with Gasteiger partial charge in [0, 0.05) is 23.8 Å². The first kappa shape index (κ1) is 17.1. The Morgan fingerprint density at radius 3 is 2.62 bits per heavy atom. The Morgan fingerprint density at radius 1 is 1.23 bits per heavy atom. The number of halogens is 2. The van der Waals surface area contributed by atoms with Gasteiger partial charge >= 0.3 is 0 Å². The van der Waals surface area contributed by atoms with E-state index >= 15 is 0 Å². The maximum absolute atomic E-state index is 13.9. The van der Waals surface area contributed by atoms with Crippen LogP contribution < -0.4 is 5.32 Å². The summed E-state index contributed by atoms with van der Waals surface area (Å²) in [6.45, 7) is 0.568. The predicted octanol–water partition coefficient (Wildman–Crippen LogP) is 3.36. The molecule has 0 radical (unpaired) electrons. The molecule has 136 valence electrons. The Morgan fingerprint density at radius 2 is 1.96 bits per heavy atom. The van der Waals surface area contributed by atoms with Crippen LogP contribution in [0.4, 0.5) is 13.9 Å². The van der Waals surface area contributed by atoms with Gasteiger partial charge in [0.25, 0.3) is 5.91 Å². The zero-order valence-corrected chi connectivity index (χ0v) is 14.7. The molecule has 1 aromatic carbocycles. The van der Waals surface area contributed by atoms with Gasteiger partial charge in [0.15, 0.2) is 5.13 Å². The highest BCUT2D eigenvalue weighted by Gasteiger charge is 2.30. The van der Waals surface area contributed by atoms with Crippen LogP contribution in [0.2, 0.25) is 0 Å². The van der Waals surface area contributed by atoms with Gasteiger partial charge in [-0.05, 0) is 25.0 Å². The van der Waals surface area contributed by atoms with Crippen LogP contribution in [0.25, 0.3) is 0 Å². The van der Waals surface area contributed by atoms with E-state index in [0.29, 0.717) is 18.1 Å². The first-order valence-electron chi connectivity index (χ1n) is 8.55. The molecule has 1 fully saturated rings. The second-order valence-corrected chi connectivity index (χ2v) is 7.66. The smallest absolute Gasteiger partial charge is 0.260 e. The lowest BCUT2D eigenvalue weighted by Gasteiger charge is -2.26. The minimum Gasteiger partial charge on any atom is -0.333 e. The van der Waals surface area contributed by atoms with E-state index in [2.05, 4.69) is 10.3 Å². The maximum Gasteiger partial charge on any atom is 0.260 e. The second kappa shape index (κ2) is 6.75. The van der Waals surface area contributed by atoms with E-state index < -0.39 is 23.1 Å². The van der Waals surface area contributed by atoms with Gasteiger partial charge in [0.1, 0.15) is 17.2 Å². The molecule has 4 rings (SSSR count). The monoisotopic (exact) mass is 377 g/mol. The summed E-state index contributed by atoms with van der Waals surface area (Å²) in [5, 5.41) is 3.37. The number of thiazole rings is 1. The summed E-state index contributed by atoms with van der Waals surface area (Å²) in [6, 6.07) is 3.38. The standard InChI is InChI=1S/C18H17F2N3O2S/c19-11-5-2-6-12(20)15(11)17(25)23-8-7-13-14(9-23)26-18(21-13)22-16(24)10-3-1-4-10/h2,5-6,10H,1,3-4,7-9H2,(H,21,22,24). The molecule has 0 saturated heterocycles. The Bertz CT molecular complexity index is 859. The van der Waals surface area contributed by atoms with Crippen LogP contribution in [0.1, 0.15) is 40.2 Å². The van der Waals surface area contributed by atoms with Crippen LogP contribution >= 0.6 is 11.3 Å². The van der Waals surface area contributed by atoms with E-state index in [9.17, 15) is 18.4 Å². The molecule has 2 aromatic rings. The molecule has 2 heterocycles. The fourth-order valence-electron chi connectivity index (χ4n) is 3.16. The van der Waals surface area contributed by atoms with Gasteiger partial charge in [-0.25, -0.2) is 13.8 Å². The topological polar surface area (TPSA) is 62.3 Å². The summed E-state index contributed by atoms with van der Waals surface area (Å²) in [6.07, 6.45) is 3.39. The average Bonchev–Trinajstić information content (AvgIpc) is 2.93. The highest BCUT2D eigenvalue weighted by Crippen LogP contribution is 2.32. The molecular formula is C18H17F2N3O2S. The number of rotatable bonds is 3. The Hall–Kier alpha value is -2.35. The van der Waals surface area contributed by atoms with Crippen molar-refractivity contribution in [3.05, 3.63) is 46.0 Å². The molecule has 1 aliphatic heterocycles. The van der Waals surface area contributed by atoms with Crippen LogP contribution in [-0.2, 0) is 17.8 Å². The number of carbonyl (C=O) groups is 2. The minimum atomic E-state index is -0.862. The average molecular weight is 377 g/mol. The van der Waals surface area contributed by atoms with Gasteiger partial charge < -0.3 is 10.2 Å². The number of nitrogens with zero attached hydrogens (tertiary/aromatic N) is 2. The molecule has 2 aliphatic rings. The van der Waals surface area contributed by atoms with Crippen molar-refractivity contribution < 1.29 is 18.4 Å². The van der Waals surface area contributed by atoms with Gasteiger partial charge in [-0.1, -0.05) is 23.8 Å². The molecule has 1 aliphatic carbocycles. The number of nitrogens with one attached hydrogen (secondary N) is 1. The fraction of sp³-hybridized carbons (Fsp3) is 0.389. The van der Waals surface area contributed by atoms with Crippen molar-refractivity contribution >= 4 is 28.3 Å². The lowest BCUT2D eigenvalue weighted by atomic mass is 9.85. The van der Waals surface area contributed by atoms with Crippen LogP contribution in [0.5, 0.6) is 0 Å². The molecule has 8 heteroatoms. The molecule has 5 nitrogen and oxygen atoms in total. The van der Waals surface area contributed by atoms with Crippen LogP contribution in [0.3, 0.4) is 0 Å². The van der Waals surface area contributed by atoms with E-state index in [1.165, 1.54) is 22.3 Å². The lowest BCUT2D eigenvalue weighted by molar-refractivity contribution is -0.122. The summed E-state index contributed by atoms with van der Waals surface area (Å²) in [5.41, 5.74) is 0.302. The number of amides is 2.